The highest BCUT2D eigenvalue weighted by molar-refractivity contribution is 6.39. The Morgan fingerprint density at radius 2 is 1.90 bits per heavy atom. The number of halogens is 1. The Morgan fingerprint density at radius 1 is 1.15 bits per heavy atom. The lowest BCUT2D eigenvalue weighted by atomic mass is 10.2. The lowest BCUT2D eigenvalue weighted by Gasteiger charge is -2.15. The standard InChI is InChI=1S/C16H16ClNO2/c1-2-11-20-15-10-6-9-14(12-15)18(17)16(19)13-7-4-3-5-8-13/h3-10,12H,2,11H2,1H3. The number of benzene rings is 2. The van der Waals surface area contributed by atoms with Crippen LogP contribution in [0.2, 0.25) is 0 Å². The van der Waals surface area contributed by atoms with E-state index in [-0.39, 0.29) is 5.91 Å². The molecule has 104 valence electrons. The van der Waals surface area contributed by atoms with Crippen molar-refractivity contribution in [2.75, 3.05) is 11.0 Å². The van der Waals surface area contributed by atoms with Crippen LogP contribution in [0.15, 0.2) is 54.6 Å². The largest absolute Gasteiger partial charge is 0.494 e. The predicted molar refractivity (Wildman–Crippen MR) is 81.3 cm³/mol. The smallest absolute Gasteiger partial charge is 0.272 e. The van der Waals surface area contributed by atoms with Gasteiger partial charge < -0.3 is 4.74 Å². The van der Waals surface area contributed by atoms with Crippen LogP contribution in [0.4, 0.5) is 5.69 Å². The van der Waals surface area contributed by atoms with Crippen molar-refractivity contribution in [1.29, 1.82) is 0 Å². The fraction of sp³-hybridized carbons (Fsp3) is 0.188. The molecule has 0 aliphatic carbocycles. The van der Waals surface area contributed by atoms with Gasteiger partial charge in [-0.25, -0.2) is 4.42 Å². The van der Waals surface area contributed by atoms with E-state index < -0.39 is 0 Å². The summed E-state index contributed by atoms with van der Waals surface area (Å²) in [5, 5.41) is 0. The summed E-state index contributed by atoms with van der Waals surface area (Å²) >= 11 is 6.13. The van der Waals surface area contributed by atoms with Crippen LogP contribution < -0.4 is 9.16 Å². The molecule has 0 radical (unpaired) electrons. The Hall–Kier alpha value is -2.00. The first-order valence-electron chi connectivity index (χ1n) is 6.50. The van der Waals surface area contributed by atoms with Gasteiger partial charge in [0.05, 0.1) is 12.3 Å². The van der Waals surface area contributed by atoms with Crippen LogP contribution >= 0.6 is 11.8 Å². The van der Waals surface area contributed by atoms with Gasteiger partial charge in [-0.3, -0.25) is 4.79 Å². The second-order valence-corrected chi connectivity index (χ2v) is 4.64. The molecule has 0 aromatic heterocycles. The predicted octanol–water partition coefficient (Wildman–Crippen LogP) is 4.28. The Morgan fingerprint density at radius 3 is 2.60 bits per heavy atom. The van der Waals surface area contributed by atoms with Gasteiger partial charge in [-0.2, -0.15) is 0 Å². The summed E-state index contributed by atoms with van der Waals surface area (Å²) < 4.78 is 6.64. The van der Waals surface area contributed by atoms with E-state index in [0.717, 1.165) is 10.8 Å². The highest BCUT2D eigenvalue weighted by atomic mass is 35.5. The van der Waals surface area contributed by atoms with Crippen molar-refractivity contribution in [3.8, 4) is 5.75 Å². The first-order chi connectivity index (χ1) is 9.72. The van der Waals surface area contributed by atoms with E-state index >= 15 is 0 Å². The Kier molecular flexibility index (Phi) is 5.02. The molecule has 2 aromatic rings. The average Bonchev–Trinajstić information content (AvgIpc) is 2.52. The van der Waals surface area contributed by atoms with Gasteiger partial charge in [-0.15, -0.1) is 0 Å². The summed E-state index contributed by atoms with van der Waals surface area (Å²) in [6.07, 6.45) is 0.928. The second-order valence-electron chi connectivity index (χ2n) is 4.30. The van der Waals surface area contributed by atoms with Gasteiger partial charge in [0.15, 0.2) is 0 Å². The maximum Gasteiger partial charge on any atom is 0.272 e. The van der Waals surface area contributed by atoms with Crippen molar-refractivity contribution in [2.45, 2.75) is 13.3 Å². The van der Waals surface area contributed by atoms with Gasteiger partial charge in [0.1, 0.15) is 5.75 Å². The first-order valence-corrected chi connectivity index (χ1v) is 6.84. The van der Waals surface area contributed by atoms with Crippen LogP contribution in [-0.4, -0.2) is 12.5 Å². The molecule has 0 atom stereocenters. The molecule has 0 heterocycles. The summed E-state index contributed by atoms with van der Waals surface area (Å²) in [5.74, 6) is 0.441. The van der Waals surface area contributed by atoms with Crippen molar-refractivity contribution in [1.82, 2.24) is 0 Å². The zero-order valence-electron chi connectivity index (χ0n) is 11.3. The molecule has 4 heteroatoms. The van der Waals surface area contributed by atoms with Crippen LogP contribution in [0.1, 0.15) is 23.7 Å². The quantitative estimate of drug-likeness (QED) is 0.769. The molecule has 0 bridgehead atoms. The fourth-order valence-corrected chi connectivity index (χ4v) is 1.93. The lowest BCUT2D eigenvalue weighted by molar-refractivity contribution is 0.101. The molecule has 0 unspecified atom stereocenters. The van der Waals surface area contributed by atoms with Gasteiger partial charge >= 0.3 is 0 Å². The van der Waals surface area contributed by atoms with E-state index in [1.54, 1.807) is 36.4 Å². The normalized spacial score (nSPS) is 10.1. The number of ether oxygens (including phenoxy) is 1. The van der Waals surface area contributed by atoms with Crippen LogP contribution in [0.3, 0.4) is 0 Å². The summed E-state index contributed by atoms with van der Waals surface area (Å²) in [5.41, 5.74) is 1.14. The monoisotopic (exact) mass is 289 g/mol. The van der Waals surface area contributed by atoms with Crippen LogP contribution in [0, 0.1) is 0 Å². The van der Waals surface area contributed by atoms with Crippen molar-refractivity contribution in [3.05, 3.63) is 60.2 Å². The summed E-state index contributed by atoms with van der Waals surface area (Å²) in [6.45, 7) is 2.68. The summed E-state index contributed by atoms with van der Waals surface area (Å²) in [6, 6.07) is 16.1. The lowest BCUT2D eigenvalue weighted by Crippen LogP contribution is -2.20. The zero-order valence-corrected chi connectivity index (χ0v) is 12.0. The molecule has 0 saturated heterocycles. The van der Waals surface area contributed by atoms with Gasteiger partial charge in [0.2, 0.25) is 0 Å². The molecule has 0 saturated carbocycles. The van der Waals surface area contributed by atoms with Crippen molar-refractivity contribution in [2.24, 2.45) is 0 Å². The molecule has 0 N–H and O–H groups in total. The minimum Gasteiger partial charge on any atom is -0.494 e. The molecule has 1 amide bonds. The minimum absolute atomic E-state index is 0.264. The molecule has 3 nitrogen and oxygen atoms in total. The number of hydrogen-bond donors (Lipinski definition) is 0. The molecule has 20 heavy (non-hydrogen) atoms. The summed E-state index contributed by atoms with van der Waals surface area (Å²) in [4.78, 5) is 12.2. The number of carbonyl (C=O) groups is 1. The molecular weight excluding hydrogens is 274 g/mol. The molecular formula is C16H16ClNO2. The van der Waals surface area contributed by atoms with E-state index in [1.807, 2.05) is 25.1 Å². The van der Waals surface area contributed by atoms with Crippen LogP contribution in [-0.2, 0) is 0 Å². The maximum atomic E-state index is 12.2. The number of rotatable bonds is 5. The number of anilines is 1. The Balaban J connectivity index is 2.16. The molecule has 0 aliphatic rings. The topological polar surface area (TPSA) is 29.5 Å². The summed E-state index contributed by atoms with van der Waals surface area (Å²) in [7, 11) is 0. The third-order valence-electron chi connectivity index (χ3n) is 2.72. The van der Waals surface area contributed by atoms with E-state index in [2.05, 4.69) is 0 Å². The Labute approximate surface area is 123 Å². The Bertz CT molecular complexity index is 572. The average molecular weight is 290 g/mol. The van der Waals surface area contributed by atoms with Gasteiger partial charge in [-0.05, 0) is 30.7 Å². The van der Waals surface area contributed by atoms with Crippen molar-refractivity contribution < 1.29 is 9.53 Å². The number of carbonyl (C=O) groups excluding carboxylic acids is 1. The van der Waals surface area contributed by atoms with E-state index in [1.165, 1.54) is 0 Å². The maximum absolute atomic E-state index is 12.2. The molecule has 2 aromatic carbocycles. The fourth-order valence-electron chi connectivity index (χ4n) is 1.73. The van der Waals surface area contributed by atoms with E-state index in [0.29, 0.717) is 23.6 Å². The van der Waals surface area contributed by atoms with Gasteiger partial charge in [0.25, 0.3) is 5.91 Å². The van der Waals surface area contributed by atoms with Crippen molar-refractivity contribution in [3.63, 3.8) is 0 Å². The number of hydrogen-bond acceptors (Lipinski definition) is 2. The second kappa shape index (κ2) is 6.96. The molecule has 2 rings (SSSR count). The minimum atomic E-state index is -0.264. The first kappa shape index (κ1) is 14.4. The molecule has 0 fully saturated rings. The zero-order chi connectivity index (χ0) is 14.4. The highest BCUT2D eigenvalue weighted by Crippen LogP contribution is 2.24. The highest BCUT2D eigenvalue weighted by Gasteiger charge is 2.15. The van der Waals surface area contributed by atoms with Crippen LogP contribution in [0.5, 0.6) is 5.75 Å². The third-order valence-corrected chi connectivity index (χ3v) is 3.06. The van der Waals surface area contributed by atoms with Gasteiger partial charge in [-0.1, -0.05) is 31.2 Å². The third kappa shape index (κ3) is 3.52. The SMILES string of the molecule is CCCOc1cccc(N(Cl)C(=O)c2ccccc2)c1. The molecule has 0 spiro atoms. The number of nitrogens with zero attached hydrogens (tertiary/aromatic N) is 1. The van der Waals surface area contributed by atoms with E-state index in [4.69, 9.17) is 16.5 Å². The molecule has 0 aliphatic heterocycles. The van der Waals surface area contributed by atoms with Crippen LogP contribution in [0.25, 0.3) is 0 Å². The number of amides is 1. The van der Waals surface area contributed by atoms with E-state index in [9.17, 15) is 4.79 Å². The van der Waals surface area contributed by atoms with Crippen molar-refractivity contribution >= 4 is 23.4 Å². The van der Waals surface area contributed by atoms with Gasteiger partial charge in [0, 0.05) is 23.4 Å².